The molecule has 1 amide bonds. The first kappa shape index (κ1) is 23.9. The topological polar surface area (TPSA) is 62.1 Å². The predicted octanol–water partition coefficient (Wildman–Crippen LogP) is 7.44. The van der Waals surface area contributed by atoms with Crippen LogP contribution in [0, 0.1) is 11.3 Å². The van der Waals surface area contributed by atoms with Crippen molar-refractivity contribution in [3.63, 3.8) is 0 Å². The molecule has 1 N–H and O–H groups in total. The van der Waals surface area contributed by atoms with E-state index in [1.807, 2.05) is 49.4 Å². The summed E-state index contributed by atoms with van der Waals surface area (Å²) in [5.41, 5.74) is 3.08. The molecule has 3 rings (SSSR count). The van der Waals surface area contributed by atoms with Crippen molar-refractivity contribution in [1.29, 1.82) is 5.26 Å². The van der Waals surface area contributed by atoms with E-state index in [-0.39, 0.29) is 12.2 Å². The molecule has 4 nitrogen and oxygen atoms in total. The normalized spacial score (nSPS) is 11.0. The number of rotatable bonds is 7. The van der Waals surface area contributed by atoms with Gasteiger partial charge in [0.2, 0.25) is 0 Å². The summed E-state index contributed by atoms with van der Waals surface area (Å²) in [5, 5.41) is 13.4. The summed E-state index contributed by atoms with van der Waals surface area (Å²) in [4.78, 5) is 12.8. The minimum absolute atomic E-state index is 0.0339. The van der Waals surface area contributed by atoms with Crippen molar-refractivity contribution in [2.45, 2.75) is 20.0 Å². The summed E-state index contributed by atoms with van der Waals surface area (Å²) in [6.07, 6.45) is 2.28. The van der Waals surface area contributed by atoms with Gasteiger partial charge in [0, 0.05) is 15.7 Å². The quantitative estimate of drug-likeness (QED) is 0.255. The monoisotopic (exact) mass is 528 g/mol. The number of halogens is 3. The third-order valence-corrected chi connectivity index (χ3v) is 5.89. The van der Waals surface area contributed by atoms with Crippen LogP contribution in [0.1, 0.15) is 23.6 Å². The molecule has 0 heterocycles. The van der Waals surface area contributed by atoms with E-state index in [4.69, 9.17) is 27.9 Å². The van der Waals surface area contributed by atoms with Gasteiger partial charge in [0.15, 0.2) is 0 Å². The highest BCUT2D eigenvalue weighted by atomic mass is 79.9. The SMILES string of the molecule is CCc1ccccc1NC(=O)/C(C#N)=C/c1cc(Br)ccc1OCc1ccc(Cl)c(Cl)c1. The average Bonchev–Trinajstić information content (AvgIpc) is 2.79. The molecule has 0 aliphatic heterocycles. The number of nitrogens with zero attached hydrogens (tertiary/aromatic N) is 1. The number of hydrogen-bond donors (Lipinski definition) is 1. The fourth-order valence-electron chi connectivity index (χ4n) is 3.00. The van der Waals surface area contributed by atoms with E-state index in [0.717, 1.165) is 22.0 Å². The molecule has 3 aromatic rings. The number of hydrogen-bond acceptors (Lipinski definition) is 3. The molecule has 0 unspecified atom stereocenters. The van der Waals surface area contributed by atoms with Gasteiger partial charge in [-0.3, -0.25) is 4.79 Å². The molecule has 0 aliphatic rings. The maximum atomic E-state index is 12.8. The van der Waals surface area contributed by atoms with Crippen molar-refractivity contribution in [3.05, 3.63) is 97.4 Å². The number of ether oxygens (including phenoxy) is 1. The van der Waals surface area contributed by atoms with Gasteiger partial charge in [0.25, 0.3) is 5.91 Å². The lowest BCUT2D eigenvalue weighted by molar-refractivity contribution is -0.112. The Morgan fingerprint density at radius 3 is 2.62 bits per heavy atom. The Bertz CT molecular complexity index is 1220. The Morgan fingerprint density at radius 2 is 1.91 bits per heavy atom. The van der Waals surface area contributed by atoms with Crippen molar-refractivity contribution >= 4 is 56.8 Å². The minimum atomic E-state index is -0.483. The van der Waals surface area contributed by atoms with Gasteiger partial charge in [-0.2, -0.15) is 5.26 Å². The highest BCUT2D eigenvalue weighted by Crippen LogP contribution is 2.28. The number of nitriles is 1. The lowest BCUT2D eigenvalue weighted by Gasteiger charge is -2.12. The van der Waals surface area contributed by atoms with Gasteiger partial charge in [-0.1, -0.05) is 70.3 Å². The second-order valence-electron chi connectivity index (χ2n) is 6.85. The molecule has 32 heavy (non-hydrogen) atoms. The van der Waals surface area contributed by atoms with Gasteiger partial charge in [-0.05, 0) is 60.0 Å². The van der Waals surface area contributed by atoms with Crippen LogP contribution in [0.2, 0.25) is 10.0 Å². The zero-order chi connectivity index (χ0) is 23.1. The lowest BCUT2D eigenvalue weighted by atomic mass is 10.1. The molecule has 162 valence electrons. The maximum absolute atomic E-state index is 12.8. The Balaban J connectivity index is 1.85. The van der Waals surface area contributed by atoms with Gasteiger partial charge in [0.1, 0.15) is 24.0 Å². The number of carbonyl (C=O) groups excluding carboxylic acids is 1. The first-order valence-electron chi connectivity index (χ1n) is 9.78. The molecule has 0 atom stereocenters. The Morgan fingerprint density at radius 1 is 1.12 bits per heavy atom. The summed E-state index contributed by atoms with van der Waals surface area (Å²) < 4.78 is 6.74. The van der Waals surface area contributed by atoms with Crippen molar-refractivity contribution in [1.82, 2.24) is 0 Å². The molecular weight excluding hydrogens is 511 g/mol. The van der Waals surface area contributed by atoms with E-state index in [1.165, 1.54) is 6.08 Å². The number of benzene rings is 3. The van der Waals surface area contributed by atoms with Crippen LogP contribution < -0.4 is 10.1 Å². The Kier molecular flexibility index (Phi) is 8.35. The molecule has 7 heteroatoms. The number of para-hydroxylation sites is 1. The summed E-state index contributed by atoms with van der Waals surface area (Å²) in [5.74, 6) is 0.0394. The van der Waals surface area contributed by atoms with Crippen LogP contribution in [-0.2, 0) is 17.8 Å². The molecular formula is C25H19BrCl2N2O2. The standard InChI is InChI=1S/C25H19BrCl2N2O2/c1-2-17-5-3-4-6-23(17)30-25(31)19(14-29)12-18-13-20(26)8-10-24(18)32-15-16-7-9-21(27)22(28)11-16/h3-13H,2,15H2,1H3,(H,30,31)/b19-12+. The van der Waals surface area contributed by atoms with E-state index >= 15 is 0 Å². The second kappa shape index (κ2) is 11.2. The summed E-state index contributed by atoms with van der Waals surface area (Å²) in [6, 6.07) is 20.1. The molecule has 0 radical (unpaired) electrons. The maximum Gasteiger partial charge on any atom is 0.266 e. The van der Waals surface area contributed by atoms with Gasteiger partial charge < -0.3 is 10.1 Å². The number of aryl methyl sites for hydroxylation is 1. The highest BCUT2D eigenvalue weighted by Gasteiger charge is 2.13. The molecule has 0 saturated heterocycles. The van der Waals surface area contributed by atoms with Crippen LogP contribution in [0.25, 0.3) is 6.08 Å². The smallest absolute Gasteiger partial charge is 0.266 e. The molecule has 0 saturated carbocycles. The molecule has 0 aliphatic carbocycles. The van der Waals surface area contributed by atoms with Crippen molar-refractivity contribution in [2.24, 2.45) is 0 Å². The molecule has 0 bridgehead atoms. The zero-order valence-corrected chi connectivity index (χ0v) is 20.3. The number of nitrogens with one attached hydrogen (secondary N) is 1. The van der Waals surface area contributed by atoms with Crippen LogP contribution in [0.5, 0.6) is 5.75 Å². The Labute approximate surface area is 205 Å². The molecule has 0 fully saturated rings. The summed E-state index contributed by atoms with van der Waals surface area (Å²) in [6.45, 7) is 2.25. The predicted molar refractivity (Wildman–Crippen MR) is 133 cm³/mol. The lowest BCUT2D eigenvalue weighted by Crippen LogP contribution is -2.14. The summed E-state index contributed by atoms with van der Waals surface area (Å²) >= 11 is 15.5. The molecule has 3 aromatic carbocycles. The van der Waals surface area contributed by atoms with Gasteiger partial charge in [-0.25, -0.2) is 0 Å². The van der Waals surface area contributed by atoms with Crippen LogP contribution in [0.4, 0.5) is 5.69 Å². The number of amides is 1. The third kappa shape index (κ3) is 6.14. The van der Waals surface area contributed by atoms with Crippen LogP contribution >= 0.6 is 39.1 Å². The molecule has 0 aromatic heterocycles. The molecule has 0 spiro atoms. The first-order valence-corrected chi connectivity index (χ1v) is 11.3. The van der Waals surface area contributed by atoms with E-state index in [1.54, 1.807) is 24.3 Å². The average molecular weight is 530 g/mol. The van der Waals surface area contributed by atoms with E-state index < -0.39 is 5.91 Å². The number of carbonyl (C=O) groups is 1. The fourth-order valence-corrected chi connectivity index (χ4v) is 3.70. The van der Waals surface area contributed by atoms with Crippen molar-refractivity contribution in [3.8, 4) is 11.8 Å². The van der Waals surface area contributed by atoms with E-state index in [0.29, 0.717) is 27.0 Å². The van der Waals surface area contributed by atoms with Crippen molar-refractivity contribution < 1.29 is 9.53 Å². The van der Waals surface area contributed by atoms with Crippen LogP contribution in [0.3, 0.4) is 0 Å². The van der Waals surface area contributed by atoms with Gasteiger partial charge in [-0.15, -0.1) is 0 Å². The van der Waals surface area contributed by atoms with E-state index in [9.17, 15) is 10.1 Å². The fraction of sp³-hybridized carbons (Fsp3) is 0.120. The zero-order valence-electron chi connectivity index (χ0n) is 17.2. The summed E-state index contributed by atoms with van der Waals surface area (Å²) in [7, 11) is 0. The van der Waals surface area contributed by atoms with Crippen LogP contribution in [-0.4, -0.2) is 5.91 Å². The van der Waals surface area contributed by atoms with Gasteiger partial charge in [0.05, 0.1) is 10.0 Å². The largest absolute Gasteiger partial charge is 0.488 e. The van der Waals surface area contributed by atoms with E-state index in [2.05, 4.69) is 21.2 Å². The second-order valence-corrected chi connectivity index (χ2v) is 8.58. The Hall–Kier alpha value is -2.78. The van der Waals surface area contributed by atoms with Gasteiger partial charge >= 0.3 is 0 Å². The van der Waals surface area contributed by atoms with Crippen LogP contribution in [0.15, 0.2) is 70.7 Å². The highest BCUT2D eigenvalue weighted by molar-refractivity contribution is 9.10. The van der Waals surface area contributed by atoms with Crippen molar-refractivity contribution in [2.75, 3.05) is 5.32 Å². The third-order valence-electron chi connectivity index (χ3n) is 4.66. The number of anilines is 1. The first-order chi connectivity index (χ1) is 15.4. The minimum Gasteiger partial charge on any atom is -0.488 e.